The van der Waals surface area contributed by atoms with Crippen molar-refractivity contribution in [1.29, 1.82) is 0 Å². The number of halogens is 3. The van der Waals surface area contributed by atoms with Gasteiger partial charge in [-0.2, -0.15) is 13.2 Å². The second-order valence-corrected chi connectivity index (χ2v) is 6.57. The Kier molecular flexibility index (Phi) is 5.50. The van der Waals surface area contributed by atoms with E-state index in [1.165, 1.54) is 0 Å². The lowest BCUT2D eigenvalue weighted by Crippen LogP contribution is -2.28. The van der Waals surface area contributed by atoms with Crippen molar-refractivity contribution in [3.8, 4) is 0 Å². The fraction of sp³-hybridized carbons (Fsp3) is 0.444. The van der Waals surface area contributed by atoms with Crippen LogP contribution in [0.15, 0.2) is 16.3 Å². The Morgan fingerprint density at radius 1 is 1.40 bits per heavy atom. The third-order valence-electron chi connectivity index (χ3n) is 1.86. The average Bonchev–Trinajstić information content (AvgIpc) is 2.76. The molecule has 0 bridgehead atoms. The molecule has 114 valence electrons. The van der Waals surface area contributed by atoms with Crippen molar-refractivity contribution in [3.05, 3.63) is 17.0 Å². The minimum absolute atomic E-state index is 0.154. The van der Waals surface area contributed by atoms with Gasteiger partial charge in [-0.25, -0.2) is 17.9 Å². The van der Waals surface area contributed by atoms with Gasteiger partial charge in [-0.3, -0.25) is 0 Å². The first-order valence-corrected chi connectivity index (χ1v) is 7.39. The minimum Gasteiger partial charge on any atom is -0.477 e. The van der Waals surface area contributed by atoms with Crippen LogP contribution in [0.1, 0.15) is 9.67 Å². The van der Waals surface area contributed by atoms with E-state index in [0.717, 1.165) is 12.1 Å². The molecular weight excluding hydrogens is 323 g/mol. The molecule has 1 aromatic heterocycles. The largest absolute Gasteiger partial charge is 0.477 e. The third-order valence-corrected chi connectivity index (χ3v) is 4.89. The van der Waals surface area contributed by atoms with Crippen LogP contribution in [0.2, 0.25) is 0 Å². The number of carbonyl (C=O) groups is 1. The molecule has 0 unspecified atom stereocenters. The highest BCUT2D eigenvalue weighted by molar-refractivity contribution is 7.91. The SMILES string of the molecule is O=C(O)c1ccc(S(=O)(=O)NCCOCC(F)(F)F)s1. The molecule has 0 amide bonds. The summed E-state index contributed by atoms with van der Waals surface area (Å²) in [5.74, 6) is -1.26. The first-order valence-electron chi connectivity index (χ1n) is 5.09. The van der Waals surface area contributed by atoms with E-state index < -0.39 is 35.4 Å². The van der Waals surface area contributed by atoms with Gasteiger partial charge in [0.2, 0.25) is 10.0 Å². The molecule has 0 aliphatic rings. The molecule has 1 aromatic rings. The van der Waals surface area contributed by atoms with Crippen LogP contribution in [0.25, 0.3) is 0 Å². The third kappa shape index (κ3) is 5.45. The highest BCUT2D eigenvalue weighted by Crippen LogP contribution is 2.21. The lowest BCUT2D eigenvalue weighted by Gasteiger charge is -2.08. The van der Waals surface area contributed by atoms with Gasteiger partial charge in [-0.05, 0) is 12.1 Å². The molecule has 0 aromatic carbocycles. The lowest BCUT2D eigenvalue weighted by atomic mass is 10.5. The number of hydrogen-bond donors (Lipinski definition) is 2. The van der Waals surface area contributed by atoms with E-state index >= 15 is 0 Å². The second kappa shape index (κ2) is 6.52. The Morgan fingerprint density at radius 3 is 2.55 bits per heavy atom. The van der Waals surface area contributed by atoms with Crippen LogP contribution in [0.3, 0.4) is 0 Å². The van der Waals surface area contributed by atoms with Crippen LogP contribution < -0.4 is 4.72 Å². The zero-order chi connectivity index (χ0) is 15.4. The number of nitrogens with one attached hydrogen (secondary N) is 1. The van der Waals surface area contributed by atoms with Gasteiger partial charge in [-0.15, -0.1) is 11.3 Å². The molecule has 6 nitrogen and oxygen atoms in total. The summed E-state index contributed by atoms with van der Waals surface area (Å²) in [7, 11) is -3.94. The summed E-state index contributed by atoms with van der Waals surface area (Å²) in [5, 5.41) is 8.65. The van der Waals surface area contributed by atoms with Crippen molar-refractivity contribution in [1.82, 2.24) is 4.72 Å². The maximum atomic E-state index is 11.7. The van der Waals surface area contributed by atoms with Crippen LogP contribution in [0.4, 0.5) is 13.2 Å². The predicted octanol–water partition coefficient (Wildman–Crippen LogP) is 1.30. The zero-order valence-corrected chi connectivity index (χ0v) is 11.4. The molecule has 0 aliphatic heterocycles. The molecule has 11 heteroatoms. The Bertz CT molecular complexity index is 566. The quantitative estimate of drug-likeness (QED) is 0.734. The summed E-state index contributed by atoms with van der Waals surface area (Å²) in [6.07, 6.45) is -4.47. The molecule has 0 radical (unpaired) electrons. The molecule has 20 heavy (non-hydrogen) atoms. The van der Waals surface area contributed by atoms with Gasteiger partial charge in [0.05, 0.1) is 6.61 Å². The first-order chi connectivity index (χ1) is 9.12. The van der Waals surface area contributed by atoms with Gasteiger partial charge < -0.3 is 9.84 Å². The maximum absolute atomic E-state index is 11.7. The van der Waals surface area contributed by atoms with E-state index in [1.807, 2.05) is 4.72 Å². The van der Waals surface area contributed by atoms with Crippen molar-refractivity contribution in [2.45, 2.75) is 10.4 Å². The van der Waals surface area contributed by atoms with Gasteiger partial charge in [0.15, 0.2) is 0 Å². The topological polar surface area (TPSA) is 92.7 Å². The van der Waals surface area contributed by atoms with Crippen LogP contribution in [0.5, 0.6) is 0 Å². The van der Waals surface area contributed by atoms with Crippen LogP contribution in [-0.4, -0.2) is 45.4 Å². The van der Waals surface area contributed by atoms with Crippen molar-refractivity contribution in [2.75, 3.05) is 19.8 Å². The number of ether oxygens (including phenoxy) is 1. The summed E-state index contributed by atoms with van der Waals surface area (Å²) in [5.41, 5.74) is 0. The Hall–Kier alpha value is -1.17. The average molecular weight is 333 g/mol. The summed E-state index contributed by atoms with van der Waals surface area (Å²) in [6.45, 7) is -2.26. The summed E-state index contributed by atoms with van der Waals surface area (Å²) < 4.78 is 64.6. The molecule has 0 spiro atoms. The minimum atomic E-state index is -4.47. The first kappa shape index (κ1) is 16.9. The van der Waals surface area contributed by atoms with E-state index in [4.69, 9.17) is 5.11 Å². The van der Waals surface area contributed by atoms with E-state index in [0.29, 0.717) is 11.3 Å². The van der Waals surface area contributed by atoms with E-state index in [-0.39, 0.29) is 15.6 Å². The molecule has 0 saturated heterocycles. The zero-order valence-electron chi connectivity index (χ0n) is 9.81. The van der Waals surface area contributed by atoms with E-state index in [9.17, 15) is 26.4 Å². The van der Waals surface area contributed by atoms with Crippen LogP contribution >= 0.6 is 11.3 Å². The number of carboxylic acid groups (broad SMARTS) is 1. The summed E-state index contributed by atoms with van der Waals surface area (Å²) in [6, 6.07) is 2.23. The highest BCUT2D eigenvalue weighted by Gasteiger charge is 2.27. The molecule has 0 fully saturated rings. The standard InChI is InChI=1S/C9H10F3NO5S2/c10-9(11,12)5-18-4-3-13-20(16,17)7-2-1-6(19-7)8(14)15/h1-2,13H,3-5H2,(H,14,15). The molecule has 1 heterocycles. The summed E-state index contributed by atoms with van der Waals surface area (Å²) in [4.78, 5) is 10.4. The fourth-order valence-corrected chi connectivity index (χ4v) is 3.29. The van der Waals surface area contributed by atoms with Gasteiger partial charge in [0.1, 0.15) is 15.7 Å². The molecular formula is C9H10F3NO5S2. The van der Waals surface area contributed by atoms with Gasteiger partial charge in [0, 0.05) is 6.54 Å². The van der Waals surface area contributed by atoms with Gasteiger partial charge >= 0.3 is 12.1 Å². The number of sulfonamides is 1. The van der Waals surface area contributed by atoms with Crippen molar-refractivity contribution in [3.63, 3.8) is 0 Å². The Balaban J connectivity index is 2.47. The summed E-state index contributed by atoms with van der Waals surface area (Å²) >= 11 is 0.545. The van der Waals surface area contributed by atoms with Crippen LogP contribution in [0, 0.1) is 0 Å². The number of alkyl halides is 3. The van der Waals surface area contributed by atoms with Gasteiger partial charge in [0.25, 0.3) is 0 Å². The molecule has 0 aliphatic carbocycles. The molecule has 0 atom stereocenters. The normalized spacial score (nSPS) is 12.6. The van der Waals surface area contributed by atoms with Crippen molar-refractivity contribution < 1.29 is 36.2 Å². The fourth-order valence-electron chi connectivity index (χ4n) is 1.09. The van der Waals surface area contributed by atoms with E-state index in [1.54, 1.807) is 0 Å². The second-order valence-electron chi connectivity index (χ2n) is 3.49. The number of aromatic carboxylic acids is 1. The molecule has 0 saturated carbocycles. The maximum Gasteiger partial charge on any atom is 0.411 e. The van der Waals surface area contributed by atoms with Crippen molar-refractivity contribution >= 4 is 27.3 Å². The number of thiophene rings is 1. The van der Waals surface area contributed by atoms with Crippen molar-refractivity contribution in [2.24, 2.45) is 0 Å². The number of hydrogen-bond acceptors (Lipinski definition) is 5. The monoisotopic (exact) mass is 333 g/mol. The Morgan fingerprint density at radius 2 is 2.05 bits per heavy atom. The van der Waals surface area contributed by atoms with Gasteiger partial charge in [-0.1, -0.05) is 0 Å². The Labute approximate surface area is 116 Å². The van der Waals surface area contributed by atoms with E-state index in [2.05, 4.69) is 4.74 Å². The number of rotatable bonds is 7. The molecule has 2 N–H and O–H groups in total. The van der Waals surface area contributed by atoms with Crippen LogP contribution in [-0.2, 0) is 14.8 Å². The smallest absolute Gasteiger partial charge is 0.411 e. The predicted molar refractivity (Wildman–Crippen MR) is 63.3 cm³/mol. The highest BCUT2D eigenvalue weighted by atomic mass is 32.2. The lowest BCUT2D eigenvalue weighted by molar-refractivity contribution is -0.173. The molecule has 1 rings (SSSR count). The number of carboxylic acids is 1.